The SMILES string of the molecule is C[C@H](NS(=O)(=O)c1ccc(CCC(=O)NCCc2ccccc2)cc1)c1ccccc1. The van der Waals surface area contributed by atoms with E-state index < -0.39 is 10.0 Å². The molecule has 0 aliphatic rings. The quantitative estimate of drug-likeness (QED) is 0.504. The van der Waals surface area contributed by atoms with E-state index in [9.17, 15) is 13.2 Å². The molecule has 5 nitrogen and oxygen atoms in total. The van der Waals surface area contributed by atoms with Gasteiger partial charge in [0.1, 0.15) is 0 Å². The fraction of sp³-hybridized carbons (Fsp3) is 0.240. The molecule has 0 fully saturated rings. The lowest BCUT2D eigenvalue weighted by Gasteiger charge is -2.15. The van der Waals surface area contributed by atoms with Crippen LogP contribution in [0.2, 0.25) is 0 Å². The molecular weight excluding hydrogens is 408 g/mol. The Bertz CT molecular complexity index is 1070. The Morgan fingerprint density at radius 3 is 2.03 bits per heavy atom. The van der Waals surface area contributed by atoms with Crippen LogP contribution in [0.5, 0.6) is 0 Å². The summed E-state index contributed by atoms with van der Waals surface area (Å²) in [6.45, 7) is 2.42. The highest BCUT2D eigenvalue weighted by Crippen LogP contribution is 2.17. The molecule has 31 heavy (non-hydrogen) atoms. The average molecular weight is 437 g/mol. The summed E-state index contributed by atoms with van der Waals surface area (Å²) in [6.07, 6.45) is 1.73. The Hall–Kier alpha value is -2.96. The molecule has 0 saturated heterocycles. The second-order valence-electron chi connectivity index (χ2n) is 7.48. The minimum Gasteiger partial charge on any atom is -0.356 e. The normalized spacial score (nSPS) is 12.3. The summed E-state index contributed by atoms with van der Waals surface area (Å²) in [6, 6.07) is 25.8. The van der Waals surface area contributed by atoms with Gasteiger partial charge in [-0.25, -0.2) is 13.1 Å². The van der Waals surface area contributed by atoms with Gasteiger partial charge in [-0.3, -0.25) is 4.79 Å². The third-order valence-corrected chi connectivity index (χ3v) is 6.64. The highest BCUT2D eigenvalue weighted by atomic mass is 32.2. The van der Waals surface area contributed by atoms with Crippen LogP contribution in [0.25, 0.3) is 0 Å². The fourth-order valence-electron chi connectivity index (χ4n) is 3.28. The van der Waals surface area contributed by atoms with Crippen LogP contribution in [0.15, 0.2) is 89.8 Å². The van der Waals surface area contributed by atoms with Crippen LogP contribution in [0.3, 0.4) is 0 Å². The third kappa shape index (κ3) is 7.05. The molecule has 162 valence electrons. The molecule has 3 rings (SSSR count). The lowest BCUT2D eigenvalue weighted by molar-refractivity contribution is -0.121. The second-order valence-corrected chi connectivity index (χ2v) is 9.20. The summed E-state index contributed by atoms with van der Waals surface area (Å²) in [5.74, 6) is -0.00835. The summed E-state index contributed by atoms with van der Waals surface area (Å²) in [5.41, 5.74) is 3.02. The number of hydrogen-bond acceptors (Lipinski definition) is 3. The average Bonchev–Trinajstić information content (AvgIpc) is 2.79. The zero-order valence-electron chi connectivity index (χ0n) is 17.6. The van der Waals surface area contributed by atoms with E-state index in [1.54, 1.807) is 24.3 Å². The van der Waals surface area contributed by atoms with Crippen molar-refractivity contribution in [2.75, 3.05) is 6.54 Å². The van der Waals surface area contributed by atoms with Crippen molar-refractivity contribution < 1.29 is 13.2 Å². The number of nitrogens with one attached hydrogen (secondary N) is 2. The monoisotopic (exact) mass is 436 g/mol. The predicted molar refractivity (Wildman–Crippen MR) is 123 cm³/mol. The summed E-state index contributed by atoms with van der Waals surface area (Å²) < 4.78 is 28.0. The molecule has 0 aromatic heterocycles. The summed E-state index contributed by atoms with van der Waals surface area (Å²) >= 11 is 0. The molecule has 1 atom stereocenters. The molecule has 0 radical (unpaired) electrons. The van der Waals surface area contributed by atoms with Crippen molar-refractivity contribution >= 4 is 15.9 Å². The lowest BCUT2D eigenvalue weighted by atomic mass is 10.1. The van der Waals surface area contributed by atoms with Crippen LogP contribution in [0.4, 0.5) is 0 Å². The van der Waals surface area contributed by atoms with Crippen molar-refractivity contribution in [2.24, 2.45) is 0 Å². The van der Waals surface area contributed by atoms with Gasteiger partial charge in [0.15, 0.2) is 0 Å². The molecule has 0 aliphatic carbocycles. The zero-order valence-corrected chi connectivity index (χ0v) is 18.4. The molecule has 0 spiro atoms. The van der Waals surface area contributed by atoms with Gasteiger partial charge in [-0.15, -0.1) is 0 Å². The van der Waals surface area contributed by atoms with E-state index in [0.717, 1.165) is 17.5 Å². The molecule has 0 aliphatic heterocycles. The van der Waals surface area contributed by atoms with Crippen molar-refractivity contribution in [3.63, 3.8) is 0 Å². The molecule has 2 N–H and O–H groups in total. The molecule has 0 saturated carbocycles. The van der Waals surface area contributed by atoms with Gasteiger partial charge in [0, 0.05) is 19.0 Å². The van der Waals surface area contributed by atoms with E-state index in [-0.39, 0.29) is 16.8 Å². The molecular formula is C25H28N2O3S. The van der Waals surface area contributed by atoms with Gasteiger partial charge in [0.25, 0.3) is 0 Å². The second kappa shape index (κ2) is 10.9. The highest BCUT2D eigenvalue weighted by molar-refractivity contribution is 7.89. The number of carbonyl (C=O) groups excluding carboxylic acids is 1. The van der Waals surface area contributed by atoms with E-state index in [1.165, 1.54) is 5.56 Å². The predicted octanol–water partition coefficient (Wildman–Crippen LogP) is 4.02. The lowest BCUT2D eigenvalue weighted by Crippen LogP contribution is -2.27. The van der Waals surface area contributed by atoms with Crippen molar-refractivity contribution in [2.45, 2.75) is 37.1 Å². The Morgan fingerprint density at radius 1 is 0.806 bits per heavy atom. The Kier molecular flexibility index (Phi) is 7.98. The van der Waals surface area contributed by atoms with E-state index >= 15 is 0 Å². The number of hydrogen-bond donors (Lipinski definition) is 2. The van der Waals surface area contributed by atoms with Gasteiger partial charge in [-0.1, -0.05) is 72.8 Å². The van der Waals surface area contributed by atoms with E-state index in [1.807, 2.05) is 67.6 Å². The molecule has 3 aromatic carbocycles. The van der Waals surface area contributed by atoms with E-state index in [4.69, 9.17) is 0 Å². The minimum atomic E-state index is -3.62. The van der Waals surface area contributed by atoms with Gasteiger partial charge in [-0.05, 0) is 48.6 Å². The highest BCUT2D eigenvalue weighted by Gasteiger charge is 2.18. The van der Waals surface area contributed by atoms with Crippen molar-refractivity contribution in [3.05, 3.63) is 102 Å². The van der Waals surface area contributed by atoms with Gasteiger partial charge < -0.3 is 5.32 Å². The van der Waals surface area contributed by atoms with E-state index in [0.29, 0.717) is 19.4 Å². The minimum absolute atomic E-state index is 0.00835. The van der Waals surface area contributed by atoms with Crippen LogP contribution in [0, 0.1) is 0 Å². The number of sulfonamides is 1. The van der Waals surface area contributed by atoms with Gasteiger partial charge in [0.05, 0.1) is 4.90 Å². The first-order valence-electron chi connectivity index (χ1n) is 10.4. The van der Waals surface area contributed by atoms with Crippen LogP contribution in [-0.4, -0.2) is 20.9 Å². The Labute approximate surface area is 184 Å². The van der Waals surface area contributed by atoms with Crippen molar-refractivity contribution in [1.82, 2.24) is 10.0 Å². The summed E-state index contributed by atoms with van der Waals surface area (Å²) in [5, 5.41) is 2.93. The number of rotatable bonds is 10. The Balaban J connectivity index is 1.47. The maximum absolute atomic E-state index is 12.7. The largest absolute Gasteiger partial charge is 0.356 e. The van der Waals surface area contributed by atoms with Gasteiger partial charge in [-0.2, -0.15) is 0 Å². The first kappa shape index (κ1) is 22.7. The third-order valence-electron chi connectivity index (χ3n) is 5.08. The molecule has 6 heteroatoms. The smallest absolute Gasteiger partial charge is 0.241 e. The molecule has 0 unspecified atom stereocenters. The van der Waals surface area contributed by atoms with Gasteiger partial charge in [0.2, 0.25) is 15.9 Å². The molecule has 3 aromatic rings. The van der Waals surface area contributed by atoms with Gasteiger partial charge >= 0.3 is 0 Å². The van der Waals surface area contributed by atoms with E-state index in [2.05, 4.69) is 10.0 Å². The van der Waals surface area contributed by atoms with Crippen molar-refractivity contribution in [1.29, 1.82) is 0 Å². The first-order valence-corrected chi connectivity index (χ1v) is 11.9. The standard InChI is InChI=1S/C25H28N2O3S/c1-20(23-10-6-3-7-11-23)27-31(29,30)24-15-12-22(13-16-24)14-17-25(28)26-19-18-21-8-4-2-5-9-21/h2-13,15-16,20,27H,14,17-19H2,1H3,(H,26,28)/t20-/m0/s1. The molecule has 1 amide bonds. The van der Waals surface area contributed by atoms with Crippen molar-refractivity contribution in [3.8, 4) is 0 Å². The maximum Gasteiger partial charge on any atom is 0.241 e. The Morgan fingerprint density at radius 2 is 1.39 bits per heavy atom. The molecule has 0 heterocycles. The summed E-state index contributed by atoms with van der Waals surface area (Å²) in [7, 11) is -3.62. The zero-order chi connectivity index (χ0) is 22.1. The number of carbonyl (C=O) groups is 1. The maximum atomic E-state index is 12.7. The number of aryl methyl sites for hydroxylation is 1. The number of benzene rings is 3. The van der Waals surface area contributed by atoms with Crippen LogP contribution in [-0.2, 0) is 27.7 Å². The van der Waals surface area contributed by atoms with Crippen LogP contribution >= 0.6 is 0 Å². The van der Waals surface area contributed by atoms with Crippen LogP contribution in [0.1, 0.15) is 36.1 Å². The first-order chi connectivity index (χ1) is 14.9. The number of amides is 1. The molecule has 0 bridgehead atoms. The van der Waals surface area contributed by atoms with Crippen LogP contribution < -0.4 is 10.0 Å². The summed E-state index contributed by atoms with van der Waals surface area (Å²) in [4.78, 5) is 12.3. The fourth-order valence-corrected chi connectivity index (χ4v) is 4.51. The topological polar surface area (TPSA) is 75.3 Å².